The predicted octanol–water partition coefficient (Wildman–Crippen LogP) is 3.09. The fourth-order valence-corrected chi connectivity index (χ4v) is 3.96. The fourth-order valence-electron chi connectivity index (χ4n) is 3.96. The predicted molar refractivity (Wildman–Crippen MR) is 86.1 cm³/mol. The number of nitro benzene ring substituents is 1. The van der Waals surface area contributed by atoms with E-state index in [1.54, 1.807) is 4.90 Å². The minimum Gasteiger partial charge on any atom is -0.478 e. The normalized spacial score (nSPS) is 19.4. The first-order chi connectivity index (χ1) is 11.4. The number of likely N-dealkylation sites (tertiary alicyclic amines) is 1. The molecule has 1 saturated carbocycles. The molecule has 7 heteroatoms. The Hall–Kier alpha value is -2.44. The molecular formula is C17H20N2O5. The summed E-state index contributed by atoms with van der Waals surface area (Å²) in [6.07, 6.45) is 6.80. The zero-order chi connectivity index (χ0) is 17.3. The zero-order valence-corrected chi connectivity index (χ0v) is 13.4. The molecule has 1 saturated heterocycles. The monoisotopic (exact) mass is 332 g/mol. The second-order valence-electron chi connectivity index (χ2n) is 6.87. The summed E-state index contributed by atoms with van der Waals surface area (Å²) < 4.78 is 0. The van der Waals surface area contributed by atoms with E-state index < -0.39 is 10.9 Å². The van der Waals surface area contributed by atoms with Gasteiger partial charge in [-0.1, -0.05) is 19.3 Å². The van der Waals surface area contributed by atoms with Gasteiger partial charge in [-0.05, 0) is 30.7 Å². The lowest BCUT2D eigenvalue weighted by molar-refractivity contribution is -0.384. The molecule has 128 valence electrons. The Labute approximate surface area is 139 Å². The van der Waals surface area contributed by atoms with Crippen LogP contribution in [-0.2, 0) is 0 Å². The highest BCUT2D eigenvalue weighted by molar-refractivity contribution is 5.98. The van der Waals surface area contributed by atoms with Crippen molar-refractivity contribution in [1.82, 2.24) is 4.90 Å². The van der Waals surface area contributed by atoms with E-state index in [2.05, 4.69) is 0 Å². The smallest absolute Gasteiger partial charge is 0.335 e. The van der Waals surface area contributed by atoms with Gasteiger partial charge in [0.2, 0.25) is 0 Å². The average Bonchev–Trinajstić information content (AvgIpc) is 2.97. The standard InChI is InChI=1S/C17H20N2O5/c20-15(18-7-6-17(11-18)4-2-1-3-5-17)12-8-13(16(21)22)10-14(9-12)19(23)24/h8-10H,1-7,11H2,(H,21,22). The lowest BCUT2D eigenvalue weighted by Crippen LogP contribution is -2.33. The Morgan fingerprint density at radius 1 is 1.08 bits per heavy atom. The molecule has 2 fully saturated rings. The zero-order valence-electron chi connectivity index (χ0n) is 13.4. The summed E-state index contributed by atoms with van der Waals surface area (Å²) in [5, 5.41) is 20.1. The molecule has 1 spiro atoms. The third-order valence-electron chi connectivity index (χ3n) is 5.26. The summed E-state index contributed by atoms with van der Waals surface area (Å²) in [6.45, 7) is 1.29. The van der Waals surface area contributed by atoms with Crippen LogP contribution in [0.3, 0.4) is 0 Å². The number of hydrogen-bond donors (Lipinski definition) is 1. The first kappa shape index (κ1) is 16.4. The van der Waals surface area contributed by atoms with Gasteiger partial charge in [0.15, 0.2) is 0 Å². The summed E-state index contributed by atoms with van der Waals surface area (Å²) >= 11 is 0. The van der Waals surface area contributed by atoms with E-state index in [0.29, 0.717) is 13.1 Å². The van der Waals surface area contributed by atoms with Gasteiger partial charge >= 0.3 is 5.97 Å². The number of aromatic carboxylic acids is 1. The Kier molecular flexibility index (Phi) is 4.26. The van der Waals surface area contributed by atoms with Gasteiger partial charge in [0.25, 0.3) is 11.6 Å². The number of hydrogen-bond acceptors (Lipinski definition) is 4. The van der Waals surface area contributed by atoms with Gasteiger partial charge in [-0.2, -0.15) is 0 Å². The van der Waals surface area contributed by atoms with Crippen molar-refractivity contribution < 1.29 is 19.6 Å². The van der Waals surface area contributed by atoms with Crippen molar-refractivity contribution in [2.75, 3.05) is 13.1 Å². The van der Waals surface area contributed by atoms with Crippen LogP contribution in [0.25, 0.3) is 0 Å². The maximum absolute atomic E-state index is 12.7. The van der Waals surface area contributed by atoms with Crippen molar-refractivity contribution in [1.29, 1.82) is 0 Å². The summed E-state index contributed by atoms with van der Waals surface area (Å²) in [5.41, 5.74) is -0.344. The van der Waals surface area contributed by atoms with E-state index >= 15 is 0 Å². The lowest BCUT2D eigenvalue weighted by Gasteiger charge is -2.33. The van der Waals surface area contributed by atoms with E-state index in [0.717, 1.165) is 25.3 Å². The number of carboxylic acids is 1. The number of amides is 1. The summed E-state index contributed by atoms with van der Waals surface area (Å²) in [5.74, 6) is -1.60. The number of nitrogens with zero attached hydrogens (tertiary/aromatic N) is 2. The Balaban J connectivity index is 1.84. The largest absolute Gasteiger partial charge is 0.478 e. The molecule has 24 heavy (non-hydrogen) atoms. The molecule has 0 aromatic heterocycles. The van der Waals surface area contributed by atoms with E-state index in [1.165, 1.54) is 31.4 Å². The van der Waals surface area contributed by atoms with Gasteiger partial charge < -0.3 is 10.0 Å². The van der Waals surface area contributed by atoms with E-state index in [9.17, 15) is 19.7 Å². The van der Waals surface area contributed by atoms with Crippen LogP contribution in [0.5, 0.6) is 0 Å². The van der Waals surface area contributed by atoms with Crippen LogP contribution in [0.2, 0.25) is 0 Å². The van der Waals surface area contributed by atoms with Crippen molar-refractivity contribution >= 4 is 17.6 Å². The van der Waals surface area contributed by atoms with Crippen LogP contribution in [0.4, 0.5) is 5.69 Å². The van der Waals surface area contributed by atoms with Gasteiger partial charge in [0.05, 0.1) is 10.5 Å². The van der Waals surface area contributed by atoms with Crippen molar-refractivity contribution in [3.05, 3.63) is 39.4 Å². The molecule has 1 heterocycles. The second kappa shape index (κ2) is 6.22. The number of nitro groups is 1. The van der Waals surface area contributed by atoms with E-state index in [1.807, 2.05) is 0 Å². The first-order valence-corrected chi connectivity index (χ1v) is 8.22. The van der Waals surface area contributed by atoms with E-state index in [4.69, 9.17) is 5.11 Å². The molecular weight excluding hydrogens is 312 g/mol. The molecule has 3 rings (SSSR count). The minimum atomic E-state index is -1.28. The molecule has 0 unspecified atom stereocenters. The number of rotatable bonds is 3. The van der Waals surface area contributed by atoms with Crippen LogP contribution >= 0.6 is 0 Å². The van der Waals surface area contributed by atoms with Gasteiger partial charge in [0, 0.05) is 30.8 Å². The molecule has 0 radical (unpaired) electrons. The Morgan fingerprint density at radius 3 is 2.38 bits per heavy atom. The molecule has 1 aromatic rings. The molecule has 7 nitrogen and oxygen atoms in total. The lowest BCUT2D eigenvalue weighted by atomic mass is 9.73. The van der Waals surface area contributed by atoms with Crippen LogP contribution < -0.4 is 0 Å². The molecule has 0 atom stereocenters. The molecule has 1 aromatic carbocycles. The highest BCUT2D eigenvalue weighted by atomic mass is 16.6. The Bertz CT molecular complexity index is 662. The third kappa shape index (κ3) is 3.11. The van der Waals surface area contributed by atoms with Gasteiger partial charge in [-0.25, -0.2) is 4.79 Å². The topological polar surface area (TPSA) is 101 Å². The molecule has 1 amide bonds. The molecule has 0 bridgehead atoms. The maximum atomic E-state index is 12.7. The second-order valence-corrected chi connectivity index (χ2v) is 6.87. The summed E-state index contributed by atoms with van der Waals surface area (Å²) in [4.78, 5) is 35.9. The number of non-ortho nitro benzene ring substituents is 1. The molecule has 2 aliphatic rings. The van der Waals surface area contributed by atoms with Gasteiger partial charge in [-0.15, -0.1) is 0 Å². The third-order valence-corrected chi connectivity index (χ3v) is 5.26. The van der Waals surface area contributed by atoms with Gasteiger partial charge in [0.1, 0.15) is 0 Å². The van der Waals surface area contributed by atoms with Crippen molar-refractivity contribution in [2.24, 2.45) is 5.41 Å². The van der Waals surface area contributed by atoms with Crippen LogP contribution in [0, 0.1) is 15.5 Å². The highest BCUT2D eigenvalue weighted by Gasteiger charge is 2.40. The molecule has 1 aliphatic heterocycles. The maximum Gasteiger partial charge on any atom is 0.335 e. The highest BCUT2D eigenvalue weighted by Crippen LogP contribution is 2.44. The van der Waals surface area contributed by atoms with E-state index in [-0.39, 0.29) is 28.1 Å². The number of carboxylic acid groups (broad SMARTS) is 1. The average molecular weight is 332 g/mol. The van der Waals surface area contributed by atoms with Crippen molar-refractivity contribution in [3.8, 4) is 0 Å². The number of carbonyl (C=O) groups excluding carboxylic acids is 1. The number of carbonyl (C=O) groups is 2. The van der Waals surface area contributed by atoms with Crippen LogP contribution in [0.15, 0.2) is 18.2 Å². The van der Waals surface area contributed by atoms with Crippen LogP contribution in [0.1, 0.15) is 59.2 Å². The fraction of sp³-hybridized carbons (Fsp3) is 0.529. The van der Waals surface area contributed by atoms with Gasteiger partial charge in [-0.3, -0.25) is 14.9 Å². The number of benzene rings is 1. The minimum absolute atomic E-state index is 0.0782. The summed E-state index contributed by atoms with van der Waals surface area (Å²) in [7, 11) is 0. The molecule has 1 N–H and O–H groups in total. The first-order valence-electron chi connectivity index (χ1n) is 8.22. The van der Waals surface area contributed by atoms with Crippen LogP contribution in [-0.4, -0.2) is 39.9 Å². The summed E-state index contributed by atoms with van der Waals surface area (Å²) in [6, 6.07) is 3.37. The molecule has 1 aliphatic carbocycles. The Morgan fingerprint density at radius 2 is 1.75 bits per heavy atom. The van der Waals surface area contributed by atoms with Crippen molar-refractivity contribution in [3.63, 3.8) is 0 Å². The van der Waals surface area contributed by atoms with Crippen molar-refractivity contribution in [2.45, 2.75) is 38.5 Å². The quantitative estimate of drug-likeness (QED) is 0.677. The SMILES string of the molecule is O=C(O)c1cc(C(=O)N2CCC3(CCCCC3)C2)cc([N+](=O)[O-])c1.